The third-order valence-electron chi connectivity index (χ3n) is 4.42. The van der Waals surface area contributed by atoms with Gasteiger partial charge in [0, 0.05) is 27.7 Å². The number of halogens is 3. The van der Waals surface area contributed by atoms with Gasteiger partial charge in [0.2, 0.25) is 11.2 Å². The number of aryl methyl sites for hydroxylation is 1. The van der Waals surface area contributed by atoms with Crippen molar-refractivity contribution in [2.45, 2.75) is 13.1 Å². The zero-order chi connectivity index (χ0) is 20.7. The number of fused-ring (bicyclic) bond motifs is 1. The van der Waals surface area contributed by atoms with Gasteiger partial charge < -0.3 is 4.90 Å². The topological polar surface area (TPSA) is 82.1 Å². The summed E-state index contributed by atoms with van der Waals surface area (Å²) in [5.74, 6) is -0.303. The molecular weight excluding hydrogens is 429 g/mol. The lowest BCUT2D eigenvalue weighted by molar-refractivity contribution is -0.131. The summed E-state index contributed by atoms with van der Waals surface area (Å²) in [6.07, 6.45) is 0. The van der Waals surface area contributed by atoms with Crippen LogP contribution in [0.4, 0.5) is 0 Å². The second-order valence-electron chi connectivity index (χ2n) is 6.34. The van der Waals surface area contributed by atoms with Crippen LogP contribution in [0.2, 0.25) is 15.3 Å². The summed E-state index contributed by atoms with van der Waals surface area (Å²) in [7, 11) is 4.45. The lowest BCUT2D eigenvalue weighted by Crippen LogP contribution is -2.38. The van der Waals surface area contributed by atoms with E-state index in [-0.39, 0.29) is 35.4 Å². The molecule has 0 aliphatic heterocycles. The van der Waals surface area contributed by atoms with Crippen LogP contribution in [0.15, 0.2) is 27.8 Å². The Morgan fingerprint density at radius 1 is 1.11 bits per heavy atom. The Morgan fingerprint density at radius 3 is 2.43 bits per heavy atom. The van der Waals surface area contributed by atoms with Crippen molar-refractivity contribution >= 4 is 51.9 Å². The van der Waals surface area contributed by atoms with E-state index < -0.39 is 11.2 Å². The van der Waals surface area contributed by atoms with E-state index in [4.69, 9.17) is 34.8 Å². The van der Waals surface area contributed by atoms with Gasteiger partial charge in [-0.1, -0.05) is 29.3 Å². The largest absolute Gasteiger partial charge is 0.340 e. The second kappa shape index (κ2) is 7.62. The monoisotopic (exact) mass is 443 g/mol. The van der Waals surface area contributed by atoms with Gasteiger partial charge in [0.25, 0.3) is 5.56 Å². The summed E-state index contributed by atoms with van der Waals surface area (Å²) in [6.45, 7) is 0.0804. The number of rotatable bonds is 4. The lowest BCUT2D eigenvalue weighted by Gasteiger charge is -2.18. The highest BCUT2D eigenvalue weighted by molar-refractivity contribution is 6.42. The molecule has 148 valence electrons. The number of benzene rings is 1. The van der Waals surface area contributed by atoms with Gasteiger partial charge in [0.15, 0.2) is 11.2 Å². The Morgan fingerprint density at radius 2 is 1.79 bits per heavy atom. The van der Waals surface area contributed by atoms with Gasteiger partial charge in [0.1, 0.15) is 6.54 Å². The summed E-state index contributed by atoms with van der Waals surface area (Å²) >= 11 is 18.1. The maximum Gasteiger partial charge on any atom is 0.332 e. The number of amides is 1. The third kappa shape index (κ3) is 3.55. The molecule has 0 saturated carbocycles. The first-order valence-corrected chi connectivity index (χ1v) is 9.24. The highest BCUT2D eigenvalue weighted by Gasteiger charge is 2.21. The maximum absolute atomic E-state index is 12.7. The molecular formula is C17H16Cl3N5O3. The Bertz CT molecular complexity index is 1210. The van der Waals surface area contributed by atoms with Crippen molar-refractivity contribution in [2.24, 2.45) is 14.1 Å². The van der Waals surface area contributed by atoms with Crippen LogP contribution in [-0.2, 0) is 32.0 Å². The van der Waals surface area contributed by atoms with Crippen LogP contribution in [0.25, 0.3) is 11.2 Å². The van der Waals surface area contributed by atoms with Crippen LogP contribution < -0.4 is 11.2 Å². The number of hydrogen-bond acceptors (Lipinski definition) is 4. The van der Waals surface area contributed by atoms with E-state index in [1.807, 2.05) is 0 Å². The fraction of sp³-hybridized carbons (Fsp3) is 0.294. The number of likely N-dealkylation sites (N-methyl/N-ethyl adjacent to an activating group) is 1. The van der Waals surface area contributed by atoms with Crippen molar-refractivity contribution in [2.75, 3.05) is 7.05 Å². The molecule has 1 amide bonds. The molecule has 1 aromatic carbocycles. The molecule has 0 N–H and O–H groups in total. The lowest BCUT2D eigenvalue weighted by atomic mass is 10.2. The summed E-state index contributed by atoms with van der Waals surface area (Å²) in [6, 6.07) is 5.10. The maximum atomic E-state index is 12.7. The van der Waals surface area contributed by atoms with Gasteiger partial charge in [-0.25, -0.2) is 4.79 Å². The van der Waals surface area contributed by atoms with Crippen LogP contribution in [-0.4, -0.2) is 36.5 Å². The first kappa shape index (κ1) is 20.4. The first-order valence-electron chi connectivity index (χ1n) is 8.11. The van der Waals surface area contributed by atoms with Crippen molar-refractivity contribution in [3.8, 4) is 0 Å². The van der Waals surface area contributed by atoms with Gasteiger partial charge in [-0.2, -0.15) is 4.98 Å². The predicted octanol–water partition coefficient (Wildman–Crippen LogP) is 2.05. The van der Waals surface area contributed by atoms with E-state index in [2.05, 4.69) is 4.98 Å². The summed E-state index contributed by atoms with van der Waals surface area (Å²) in [4.78, 5) is 42.8. The van der Waals surface area contributed by atoms with Crippen molar-refractivity contribution < 1.29 is 4.79 Å². The number of hydrogen-bond donors (Lipinski definition) is 0. The van der Waals surface area contributed by atoms with Gasteiger partial charge in [-0.15, -0.1) is 0 Å². The van der Waals surface area contributed by atoms with E-state index in [9.17, 15) is 14.4 Å². The minimum Gasteiger partial charge on any atom is -0.340 e. The quantitative estimate of drug-likeness (QED) is 0.577. The molecule has 3 rings (SSSR count). The molecule has 2 aromatic heterocycles. The molecule has 3 aromatic rings. The Hall–Kier alpha value is -2.29. The van der Waals surface area contributed by atoms with Crippen molar-refractivity contribution in [1.29, 1.82) is 0 Å². The zero-order valence-corrected chi connectivity index (χ0v) is 17.5. The molecule has 11 heteroatoms. The molecule has 0 aliphatic carbocycles. The van der Waals surface area contributed by atoms with E-state index in [0.29, 0.717) is 10.0 Å². The van der Waals surface area contributed by atoms with E-state index in [0.717, 1.165) is 10.1 Å². The van der Waals surface area contributed by atoms with Crippen molar-refractivity contribution in [3.05, 3.63) is 59.9 Å². The molecule has 0 saturated heterocycles. The highest BCUT2D eigenvalue weighted by Crippen LogP contribution is 2.23. The van der Waals surface area contributed by atoms with Gasteiger partial charge >= 0.3 is 5.69 Å². The van der Waals surface area contributed by atoms with Crippen molar-refractivity contribution in [3.63, 3.8) is 0 Å². The Labute approximate surface area is 174 Å². The number of aromatic nitrogens is 4. The minimum atomic E-state index is -0.572. The number of imidazole rings is 1. The molecule has 0 aliphatic rings. The van der Waals surface area contributed by atoms with E-state index in [1.54, 1.807) is 25.2 Å². The van der Waals surface area contributed by atoms with E-state index in [1.165, 1.54) is 28.1 Å². The molecule has 0 unspecified atom stereocenters. The van der Waals surface area contributed by atoms with Gasteiger partial charge in [0.05, 0.1) is 10.0 Å². The minimum absolute atomic E-state index is 0.0513. The standard InChI is InChI=1S/C17H16Cl3N5O3/c1-22(7-9-4-5-10(18)11(19)6-9)12(26)8-25-13-14(21-16(25)20)23(2)17(28)24(3)15(13)27/h4-6H,7-8H2,1-3H3. The molecule has 0 radical (unpaired) electrons. The molecule has 0 spiro atoms. The smallest absolute Gasteiger partial charge is 0.332 e. The van der Waals surface area contributed by atoms with Crippen LogP contribution in [0.5, 0.6) is 0 Å². The molecule has 0 bridgehead atoms. The van der Waals surface area contributed by atoms with Gasteiger partial charge in [-0.3, -0.25) is 23.3 Å². The normalized spacial score (nSPS) is 11.2. The van der Waals surface area contributed by atoms with Crippen LogP contribution in [0, 0.1) is 0 Å². The average molecular weight is 445 g/mol. The van der Waals surface area contributed by atoms with Crippen LogP contribution in [0.1, 0.15) is 5.56 Å². The van der Waals surface area contributed by atoms with Crippen molar-refractivity contribution in [1.82, 2.24) is 23.6 Å². The number of carbonyl (C=O) groups excluding carboxylic acids is 1. The molecule has 2 heterocycles. The summed E-state index contributed by atoms with van der Waals surface area (Å²) in [5, 5.41) is 0.773. The van der Waals surface area contributed by atoms with E-state index >= 15 is 0 Å². The molecule has 8 nitrogen and oxygen atoms in total. The predicted molar refractivity (Wildman–Crippen MR) is 108 cm³/mol. The average Bonchev–Trinajstić information content (AvgIpc) is 2.97. The summed E-state index contributed by atoms with van der Waals surface area (Å²) in [5.41, 5.74) is -0.0895. The van der Waals surface area contributed by atoms with Crippen LogP contribution >= 0.6 is 34.8 Å². The molecule has 0 atom stereocenters. The Balaban J connectivity index is 1.92. The zero-order valence-electron chi connectivity index (χ0n) is 15.2. The third-order valence-corrected chi connectivity index (χ3v) is 5.45. The second-order valence-corrected chi connectivity index (χ2v) is 7.50. The number of carbonyl (C=O) groups is 1. The number of nitrogens with zero attached hydrogens (tertiary/aromatic N) is 5. The fourth-order valence-electron chi connectivity index (χ4n) is 2.82. The van der Waals surface area contributed by atoms with Gasteiger partial charge in [-0.05, 0) is 29.3 Å². The fourth-order valence-corrected chi connectivity index (χ4v) is 3.37. The first-order chi connectivity index (χ1) is 13.1. The van der Waals surface area contributed by atoms with Crippen LogP contribution in [0.3, 0.4) is 0 Å². The Kier molecular flexibility index (Phi) is 5.56. The SMILES string of the molecule is CN(Cc1ccc(Cl)c(Cl)c1)C(=O)Cn1c(Cl)nc2c1c(=O)n(C)c(=O)n2C. The highest BCUT2D eigenvalue weighted by atomic mass is 35.5. The molecule has 28 heavy (non-hydrogen) atoms. The molecule has 0 fully saturated rings. The summed E-state index contributed by atoms with van der Waals surface area (Å²) < 4.78 is 3.45.